The largest absolute Gasteiger partial charge is 0.416 e. The number of nitrogens with one attached hydrogen (secondary N) is 1. The maximum absolute atomic E-state index is 12.6. The Balaban J connectivity index is 2.03. The summed E-state index contributed by atoms with van der Waals surface area (Å²) in [6.45, 7) is 2.57. The van der Waals surface area contributed by atoms with Gasteiger partial charge in [-0.3, -0.25) is 4.79 Å². The Labute approximate surface area is 110 Å². The van der Waals surface area contributed by atoms with Crippen LogP contribution in [0.2, 0.25) is 0 Å². The van der Waals surface area contributed by atoms with Gasteiger partial charge in [0, 0.05) is 12.5 Å². The highest BCUT2D eigenvalue weighted by Gasteiger charge is 2.44. The topological polar surface area (TPSA) is 29.1 Å². The number of alkyl halides is 3. The molecule has 1 aliphatic carbocycles. The van der Waals surface area contributed by atoms with Gasteiger partial charge in [-0.1, -0.05) is 25.1 Å². The van der Waals surface area contributed by atoms with Crippen LogP contribution in [-0.4, -0.2) is 12.5 Å². The van der Waals surface area contributed by atoms with Gasteiger partial charge in [-0.2, -0.15) is 13.2 Å². The number of carbonyl (C=O) groups is 1. The Hall–Kier alpha value is -1.52. The summed E-state index contributed by atoms with van der Waals surface area (Å²) in [5.41, 5.74) is -0.0453. The number of halogens is 3. The zero-order chi connectivity index (χ0) is 14.0. The van der Waals surface area contributed by atoms with E-state index in [9.17, 15) is 18.0 Å². The van der Waals surface area contributed by atoms with Gasteiger partial charge < -0.3 is 5.32 Å². The smallest absolute Gasteiger partial charge is 0.356 e. The van der Waals surface area contributed by atoms with Gasteiger partial charge in [0.05, 0.1) is 5.56 Å². The molecule has 0 radical (unpaired) electrons. The van der Waals surface area contributed by atoms with Crippen molar-refractivity contribution in [3.63, 3.8) is 0 Å². The predicted octanol–water partition coefficient (Wildman–Crippen LogP) is 3.34. The number of benzene rings is 1. The number of carbonyl (C=O) groups excluding carboxylic acids is 1. The molecule has 0 heterocycles. The molecule has 5 heteroatoms. The lowest BCUT2D eigenvalue weighted by Crippen LogP contribution is -2.25. The molecule has 1 saturated carbocycles. The van der Waals surface area contributed by atoms with E-state index in [1.807, 2.05) is 6.92 Å². The summed E-state index contributed by atoms with van der Waals surface area (Å²) < 4.78 is 37.8. The van der Waals surface area contributed by atoms with Crippen molar-refractivity contribution in [2.45, 2.75) is 31.9 Å². The maximum Gasteiger partial charge on any atom is 0.416 e. The first-order valence-electron chi connectivity index (χ1n) is 6.38. The average molecular weight is 271 g/mol. The molecule has 2 unspecified atom stereocenters. The molecule has 19 heavy (non-hydrogen) atoms. The highest BCUT2D eigenvalue weighted by molar-refractivity contribution is 5.82. The second kappa shape index (κ2) is 5.23. The van der Waals surface area contributed by atoms with Gasteiger partial charge in [0.25, 0.3) is 0 Å². The molecule has 2 nitrogen and oxygen atoms in total. The molecule has 0 aliphatic heterocycles. The van der Waals surface area contributed by atoms with Gasteiger partial charge in [0.15, 0.2) is 0 Å². The molecule has 1 aromatic carbocycles. The van der Waals surface area contributed by atoms with Crippen LogP contribution in [0.3, 0.4) is 0 Å². The number of rotatable bonds is 4. The average Bonchev–Trinajstić information content (AvgIpc) is 3.15. The minimum Gasteiger partial charge on any atom is -0.356 e. The van der Waals surface area contributed by atoms with E-state index in [1.54, 1.807) is 6.07 Å². The molecule has 1 amide bonds. The van der Waals surface area contributed by atoms with Crippen LogP contribution in [0.4, 0.5) is 13.2 Å². The lowest BCUT2D eigenvalue weighted by atomic mass is 10.1. The van der Waals surface area contributed by atoms with Gasteiger partial charge in [0.1, 0.15) is 0 Å². The molecule has 2 rings (SSSR count). The lowest BCUT2D eigenvalue weighted by molar-refractivity contribution is -0.137. The quantitative estimate of drug-likeness (QED) is 0.894. The Morgan fingerprint density at radius 3 is 2.79 bits per heavy atom. The van der Waals surface area contributed by atoms with Crippen LogP contribution in [0, 0.1) is 5.92 Å². The van der Waals surface area contributed by atoms with E-state index in [2.05, 4.69) is 5.32 Å². The summed E-state index contributed by atoms with van der Waals surface area (Å²) in [6.07, 6.45) is -2.84. The number of amides is 1. The van der Waals surface area contributed by atoms with Crippen LogP contribution in [0.15, 0.2) is 24.3 Å². The Bertz CT molecular complexity index is 470. The molecular weight excluding hydrogens is 255 g/mol. The first-order chi connectivity index (χ1) is 8.93. The van der Waals surface area contributed by atoms with E-state index in [0.29, 0.717) is 18.5 Å². The summed E-state index contributed by atoms with van der Waals surface area (Å²) in [5.74, 6) is -0.293. The van der Waals surface area contributed by atoms with E-state index in [-0.39, 0.29) is 17.7 Å². The highest BCUT2D eigenvalue weighted by atomic mass is 19.4. The minimum absolute atomic E-state index is 0.0516. The summed E-state index contributed by atoms with van der Waals surface area (Å²) >= 11 is 0. The van der Waals surface area contributed by atoms with Gasteiger partial charge in [-0.05, 0) is 30.4 Å². The van der Waals surface area contributed by atoms with Crippen LogP contribution in [0.5, 0.6) is 0 Å². The van der Waals surface area contributed by atoms with Crippen LogP contribution >= 0.6 is 0 Å². The zero-order valence-corrected chi connectivity index (χ0v) is 10.6. The molecule has 1 aromatic rings. The van der Waals surface area contributed by atoms with Gasteiger partial charge in [0.2, 0.25) is 5.91 Å². The fourth-order valence-electron chi connectivity index (χ4n) is 2.18. The van der Waals surface area contributed by atoms with Crippen LogP contribution in [0.25, 0.3) is 0 Å². The Morgan fingerprint density at radius 1 is 1.42 bits per heavy atom. The predicted molar refractivity (Wildman–Crippen MR) is 65.6 cm³/mol. The second-order valence-electron chi connectivity index (χ2n) is 4.86. The molecule has 2 atom stereocenters. The summed E-state index contributed by atoms with van der Waals surface area (Å²) in [6, 6.07) is 5.26. The van der Waals surface area contributed by atoms with Crippen molar-refractivity contribution in [2.24, 2.45) is 5.92 Å². The minimum atomic E-state index is -4.33. The third-order valence-corrected chi connectivity index (χ3v) is 3.32. The fraction of sp³-hybridized carbons (Fsp3) is 0.500. The lowest BCUT2D eigenvalue weighted by Gasteiger charge is -2.08. The highest BCUT2D eigenvalue weighted by Crippen LogP contribution is 2.48. The molecule has 104 valence electrons. The first-order valence-corrected chi connectivity index (χ1v) is 6.38. The van der Waals surface area contributed by atoms with Crippen LogP contribution < -0.4 is 5.32 Å². The van der Waals surface area contributed by atoms with Gasteiger partial charge in [-0.25, -0.2) is 0 Å². The van der Waals surface area contributed by atoms with Gasteiger partial charge >= 0.3 is 6.18 Å². The Kier molecular flexibility index (Phi) is 3.83. The third kappa shape index (κ3) is 3.28. The van der Waals surface area contributed by atoms with Crippen molar-refractivity contribution in [2.75, 3.05) is 6.54 Å². The molecule has 1 N–H and O–H groups in total. The fourth-order valence-corrected chi connectivity index (χ4v) is 2.18. The second-order valence-corrected chi connectivity index (χ2v) is 4.86. The summed E-state index contributed by atoms with van der Waals surface area (Å²) in [7, 11) is 0. The van der Waals surface area contributed by atoms with Crippen molar-refractivity contribution < 1.29 is 18.0 Å². The van der Waals surface area contributed by atoms with Crippen molar-refractivity contribution >= 4 is 5.91 Å². The van der Waals surface area contributed by atoms with Crippen molar-refractivity contribution in [3.05, 3.63) is 35.4 Å². The third-order valence-electron chi connectivity index (χ3n) is 3.32. The van der Waals surface area contributed by atoms with Crippen molar-refractivity contribution in [1.82, 2.24) is 5.32 Å². The molecule has 0 bridgehead atoms. The van der Waals surface area contributed by atoms with Crippen LogP contribution in [-0.2, 0) is 11.0 Å². The van der Waals surface area contributed by atoms with E-state index in [4.69, 9.17) is 0 Å². The Morgan fingerprint density at radius 2 is 2.16 bits per heavy atom. The summed E-state index contributed by atoms with van der Waals surface area (Å²) in [5, 5.41) is 2.78. The molecule has 0 aromatic heterocycles. The van der Waals surface area contributed by atoms with Crippen molar-refractivity contribution in [1.29, 1.82) is 0 Å². The monoisotopic (exact) mass is 271 g/mol. The van der Waals surface area contributed by atoms with E-state index in [1.165, 1.54) is 6.07 Å². The van der Waals surface area contributed by atoms with Gasteiger partial charge in [-0.15, -0.1) is 0 Å². The zero-order valence-electron chi connectivity index (χ0n) is 10.6. The van der Waals surface area contributed by atoms with Crippen LogP contribution in [0.1, 0.15) is 36.8 Å². The SMILES string of the molecule is CCCNC(=O)C1CC1c1cccc(C(F)(F)F)c1. The standard InChI is InChI=1S/C14H16F3NO/c1-2-6-18-13(19)12-8-11(12)9-4-3-5-10(7-9)14(15,16)17/h3-5,7,11-12H,2,6,8H2,1H3,(H,18,19). The molecule has 0 saturated heterocycles. The molecule has 0 spiro atoms. The maximum atomic E-state index is 12.6. The molecule has 1 aliphatic rings. The van der Waals surface area contributed by atoms with E-state index in [0.717, 1.165) is 18.6 Å². The number of hydrogen-bond donors (Lipinski definition) is 1. The summed E-state index contributed by atoms with van der Waals surface area (Å²) in [4.78, 5) is 11.7. The first kappa shape index (κ1) is 13.9. The molecular formula is C14H16F3NO. The molecule has 1 fully saturated rings. The van der Waals surface area contributed by atoms with E-state index < -0.39 is 11.7 Å². The number of hydrogen-bond acceptors (Lipinski definition) is 1. The van der Waals surface area contributed by atoms with E-state index >= 15 is 0 Å². The normalized spacial score (nSPS) is 22.1. The van der Waals surface area contributed by atoms with Crippen molar-refractivity contribution in [3.8, 4) is 0 Å².